The molecule has 1 fully saturated rings. The summed E-state index contributed by atoms with van der Waals surface area (Å²) in [6.45, 7) is -0.0249. The van der Waals surface area contributed by atoms with E-state index in [1.54, 1.807) is 0 Å². The van der Waals surface area contributed by atoms with Gasteiger partial charge in [-0.15, -0.1) is 0 Å². The highest BCUT2D eigenvalue weighted by Gasteiger charge is 2.32. The second-order valence-electron chi connectivity index (χ2n) is 2.17. The molecule has 0 saturated carbocycles. The Hall–Kier alpha value is -1.14. The number of hydrogen-bond donors (Lipinski definition) is 3. The lowest BCUT2D eigenvalue weighted by molar-refractivity contribution is -0.139. The normalized spacial score (nSPS) is 30.2. The molecule has 1 saturated heterocycles. The Kier molecular flexibility index (Phi) is 2.06. The van der Waals surface area contributed by atoms with Crippen molar-refractivity contribution in [3.63, 3.8) is 0 Å². The van der Waals surface area contributed by atoms with Gasteiger partial charge in [-0.25, -0.2) is 0 Å². The molecule has 2 unspecified atom stereocenters. The molecular weight excluding hydrogens is 152 g/mol. The Labute approximate surface area is 62.3 Å². The molecule has 1 heterocycles. The van der Waals surface area contributed by atoms with Crippen molar-refractivity contribution in [3.8, 4) is 0 Å². The number of nitrogens with one attached hydrogen (secondary N) is 1. The van der Waals surface area contributed by atoms with Gasteiger partial charge in [0, 0.05) is 0 Å². The number of carboxylic acid groups (broad SMARTS) is 1. The van der Waals surface area contributed by atoms with Gasteiger partial charge < -0.3 is 15.6 Å². The van der Waals surface area contributed by atoms with E-state index in [2.05, 4.69) is 5.32 Å². The van der Waals surface area contributed by atoms with Gasteiger partial charge in [-0.05, 0) is 0 Å². The molecule has 0 bridgehead atoms. The molecule has 0 spiro atoms. The molecule has 0 radical (unpaired) electrons. The van der Waals surface area contributed by atoms with E-state index in [-0.39, 0.29) is 6.61 Å². The maximum Gasteiger partial charge on any atom is 0.323 e. The monoisotopic (exact) mass is 160 g/mol. The first-order chi connectivity index (χ1) is 5.11. The lowest BCUT2D eigenvalue weighted by Crippen LogP contribution is -2.43. The zero-order chi connectivity index (χ0) is 8.43. The van der Waals surface area contributed by atoms with E-state index in [0.29, 0.717) is 0 Å². The minimum Gasteiger partial charge on any atom is -0.480 e. The van der Waals surface area contributed by atoms with Gasteiger partial charge in [0.2, 0.25) is 0 Å². The molecule has 1 aliphatic rings. The summed E-state index contributed by atoms with van der Waals surface area (Å²) in [4.78, 5) is 20.7. The molecule has 1 rings (SSSR count). The number of ether oxygens (including phenoxy) is 1. The van der Waals surface area contributed by atoms with Crippen molar-refractivity contribution in [2.45, 2.75) is 12.3 Å². The van der Waals surface area contributed by atoms with Crippen LogP contribution in [0.2, 0.25) is 0 Å². The molecule has 11 heavy (non-hydrogen) atoms. The van der Waals surface area contributed by atoms with Gasteiger partial charge in [-0.2, -0.15) is 0 Å². The number of rotatable bonds is 2. The standard InChI is InChI=1S/C5H8N2O4/c6-3(8)4-7-2(1-11-4)5(9)10/h2,4,7H,1H2,(H2,6,8)(H,9,10). The van der Waals surface area contributed by atoms with E-state index in [1.165, 1.54) is 0 Å². The third-order valence-electron chi connectivity index (χ3n) is 1.34. The van der Waals surface area contributed by atoms with Crippen LogP contribution >= 0.6 is 0 Å². The van der Waals surface area contributed by atoms with Crippen LogP contribution in [-0.4, -0.2) is 35.9 Å². The number of carbonyl (C=O) groups is 2. The van der Waals surface area contributed by atoms with Gasteiger partial charge in [0.1, 0.15) is 6.04 Å². The van der Waals surface area contributed by atoms with Crippen LogP contribution in [0.4, 0.5) is 0 Å². The number of carbonyl (C=O) groups excluding carboxylic acids is 1. The SMILES string of the molecule is NC(=O)C1NC(C(=O)O)CO1. The summed E-state index contributed by atoms with van der Waals surface area (Å²) in [5.74, 6) is -1.75. The lowest BCUT2D eigenvalue weighted by Gasteiger charge is -2.03. The number of carboxylic acids is 1. The van der Waals surface area contributed by atoms with E-state index in [1.807, 2.05) is 0 Å². The molecule has 0 aromatic carbocycles. The second-order valence-corrected chi connectivity index (χ2v) is 2.17. The summed E-state index contributed by atoms with van der Waals surface area (Å²) in [6.07, 6.45) is -0.962. The maximum atomic E-state index is 10.4. The van der Waals surface area contributed by atoms with E-state index >= 15 is 0 Å². The summed E-state index contributed by atoms with van der Waals surface area (Å²) >= 11 is 0. The van der Waals surface area contributed by atoms with Crippen LogP contribution in [0.15, 0.2) is 0 Å². The van der Waals surface area contributed by atoms with Crippen LogP contribution in [0.1, 0.15) is 0 Å². The van der Waals surface area contributed by atoms with E-state index in [4.69, 9.17) is 15.6 Å². The molecule has 0 aromatic heterocycles. The van der Waals surface area contributed by atoms with Crippen LogP contribution in [0, 0.1) is 0 Å². The van der Waals surface area contributed by atoms with E-state index < -0.39 is 24.1 Å². The number of amides is 1. The molecule has 62 valence electrons. The Bertz CT molecular complexity index is 173. The Morgan fingerprint density at radius 2 is 2.27 bits per heavy atom. The summed E-state index contributed by atoms with van der Waals surface area (Å²) in [7, 11) is 0. The van der Waals surface area contributed by atoms with Gasteiger partial charge in [-0.1, -0.05) is 0 Å². The van der Waals surface area contributed by atoms with Crippen molar-refractivity contribution >= 4 is 11.9 Å². The van der Waals surface area contributed by atoms with Crippen LogP contribution in [-0.2, 0) is 14.3 Å². The first-order valence-corrected chi connectivity index (χ1v) is 3.01. The molecular formula is C5H8N2O4. The molecule has 2 atom stereocenters. The van der Waals surface area contributed by atoms with Gasteiger partial charge in [0.15, 0.2) is 6.23 Å². The number of nitrogens with two attached hydrogens (primary N) is 1. The van der Waals surface area contributed by atoms with Crippen molar-refractivity contribution in [1.82, 2.24) is 5.32 Å². The van der Waals surface area contributed by atoms with E-state index in [0.717, 1.165) is 0 Å². The smallest absolute Gasteiger partial charge is 0.323 e. The molecule has 0 aliphatic carbocycles. The maximum absolute atomic E-state index is 10.4. The lowest BCUT2D eigenvalue weighted by atomic mass is 10.3. The Morgan fingerprint density at radius 1 is 1.64 bits per heavy atom. The fourth-order valence-corrected chi connectivity index (χ4v) is 0.778. The van der Waals surface area contributed by atoms with Crippen LogP contribution in [0.25, 0.3) is 0 Å². The zero-order valence-electron chi connectivity index (χ0n) is 5.61. The largest absolute Gasteiger partial charge is 0.480 e. The molecule has 1 aliphatic heterocycles. The minimum atomic E-state index is -1.05. The second kappa shape index (κ2) is 2.85. The third-order valence-corrected chi connectivity index (χ3v) is 1.34. The summed E-state index contributed by atoms with van der Waals surface area (Å²) < 4.78 is 4.72. The number of aliphatic carboxylic acids is 1. The molecule has 4 N–H and O–H groups in total. The van der Waals surface area contributed by atoms with Gasteiger partial charge in [0.25, 0.3) is 5.91 Å². The fraction of sp³-hybridized carbons (Fsp3) is 0.600. The molecule has 6 nitrogen and oxygen atoms in total. The number of hydrogen-bond acceptors (Lipinski definition) is 4. The Balaban J connectivity index is 2.47. The van der Waals surface area contributed by atoms with Crippen molar-refractivity contribution in [1.29, 1.82) is 0 Å². The predicted octanol–water partition coefficient (Wildman–Crippen LogP) is -2.13. The summed E-state index contributed by atoms with van der Waals surface area (Å²) in [5.41, 5.74) is 4.84. The van der Waals surface area contributed by atoms with Crippen molar-refractivity contribution in [2.24, 2.45) is 5.73 Å². The molecule has 6 heteroatoms. The van der Waals surface area contributed by atoms with Gasteiger partial charge in [0.05, 0.1) is 6.61 Å². The average molecular weight is 160 g/mol. The quantitative estimate of drug-likeness (QED) is 0.428. The van der Waals surface area contributed by atoms with Gasteiger partial charge in [-0.3, -0.25) is 14.9 Å². The first-order valence-electron chi connectivity index (χ1n) is 3.01. The molecule has 0 aromatic rings. The first kappa shape index (κ1) is 7.96. The third kappa shape index (κ3) is 1.66. The average Bonchev–Trinajstić information content (AvgIpc) is 2.33. The minimum absolute atomic E-state index is 0.0249. The van der Waals surface area contributed by atoms with Crippen molar-refractivity contribution in [2.75, 3.05) is 6.61 Å². The van der Waals surface area contributed by atoms with Crippen LogP contribution in [0.5, 0.6) is 0 Å². The highest BCUT2D eigenvalue weighted by atomic mass is 16.5. The summed E-state index contributed by atoms with van der Waals surface area (Å²) in [6, 6.07) is -0.826. The van der Waals surface area contributed by atoms with Crippen molar-refractivity contribution < 1.29 is 19.4 Å². The summed E-state index contributed by atoms with van der Waals surface area (Å²) in [5, 5.41) is 10.8. The predicted molar refractivity (Wildman–Crippen MR) is 33.5 cm³/mol. The zero-order valence-corrected chi connectivity index (χ0v) is 5.61. The van der Waals surface area contributed by atoms with Crippen LogP contribution < -0.4 is 11.1 Å². The Morgan fingerprint density at radius 3 is 2.55 bits per heavy atom. The van der Waals surface area contributed by atoms with Gasteiger partial charge >= 0.3 is 5.97 Å². The van der Waals surface area contributed by atoms with E-state index in [9.17, 15) is 9.59 Å². The van der Waals surface area contributed by atoms with Crippen LogP contribution in [0.3, 0.4) is 0 Å². The van der Waals surface area contributed by atoms with Crippen molar-refractivity contribution in [3.05, 3.63) is 0 Å². The highest BCUT2D eigenvalue weighted by Crippen LogP contribution is 2.01. The highest BCUT2D eigenvalue weighted by molar-refractivity contribution is 5.81. The number of primary amides is 1. The fourth-order valence-electron chi connectivity index (χ4n) is 0.778. The molecule has 1 amide bonds. The topological polar surface area (TPSA) is 102 Å².